The molecule has 1 aromatic heterocycles. The van der Waals surface area contributed by atoms with Crippen molar-refractivity contribution >= 4 is 50.5 Å². The average molecular weight is 435 g/mol. The number of thiophene rings is 1. The van der Waals surface area contributed by atoms with Gasteiger partial charge in [-0.15, -0.1) is 11.3 Å². The molecule has 0 aliphatic carbocycles. The molecule has 0 unspecified atom stereocenters. The van der Waals surface area contributed by atoms with E-state index in [2.05, 4.69) is 5.32 Å². The molecule has 2 N–H and O–H groups in total. The Morgan fingerprint density at radius 2 is 1.61 bits per heavy atom. The molecule has 0 bridgehead atoms. The second kappa shape index (κ2) is 8.55. The Morgan fingerprint density at radius 1 is 0.929 bits per heavy atom. The first-order valence-electron chi connectivity index (χ1n) is 8.10. The number of carbonyl (C=O) groups excluding carboxylic acids is 2. The zero-order valence-electron chi connectivity index (χ0n) is 14.4. The number of benzene rings is 2. The van der Waals surface area contributed by atoms with Crippen LogP contribution in [0.25, 0.3) is 0 Å². The average Bonchev–Trinajstić information content (AvgIpc) is 3.11. The highest BCUT2D eigenvalue weighted by Crippen LogP contribution is 2.25. The van der Waals surface area contributed by atoms with Gasteiger partial charge in [0.1, 0.15) is 4.21 Å². The fraction of sp³-hybridized carbons (Fsp3) is 0.0526. The van der Waals surface area contributed by atoms with Crippen molar-refractivity contribution in [3.05, 3.63) is 82.2 Å². The van der Waals surface area contributed by atoms with Gasteiger partial charge in [-0.2, -0.15) is 0 Å². The second-order valence-corrected chi connectivity index (χ2v) is 9.41. The molecule has 1 heterocycles. The van der Waals surface area contributed by atoms with Crippen LogP contribution in [0.2, 0.25) is 4.34 Å². The Labute approximate surface area is 171 Å². The lowest BCUT2D eigenvalue weighted by molar-refractivity contribution is 0.0993. The summed E-state index contributed by atoms with van der Waals surface area (Å²) in [5, 5.41) is 2.44. The van der Waals surface area contributed by atoms with Crippen molar-refractivity contribution in [3.63, 3.8) is 0 Å². The Bertz CT molecular complexity index is 1090. The number of hydrogen-bond acceptors (Lipinski definition) is 5. The Hall–Kier alpha value is -2.68. The van der Waals surface area contributed by atoms with Crippen molar-refractivity contribution in [2.45, 2.75) is 10.6 Å². The van der Waals surface area contributed by atoms with E-state index in [1.165, 1.54) is 12.1 Å². The number of amides is 2. The third kappa shape index (κ3) is 5.19. The van der Waals surface area contributed by atoms with Crippen LogP contribution in [0.3, 0.4) is 0 Å². The third-order valence-electron chi connectivity index (χ3n) is 3.71. The molecule has 0 radical (unpaired) electrons. The molecule has 3 aromatic rings. The molecule has 28 heavy (non-hydrogen) atoms. The lowest BCUT2D eigenvalue weighted by Gasteiger charge is -2.08. The van der Waals surface area contributed by atoms with E-state index in [9.17, 15) is 18.0 Å². The second-order valence-electron chi connectivity index (χ2n) is 5.78. The lowest BCUT2D eigenvalue weighted by atomic mass is 10.0. The van der Waals surface area contributed by atoms with Gasteiger partial charge in [0.05, 0.1) is 4.34 Å². The fourth-order valence-corrected chi connectivity index (χ4v) is 4.78. The van der Waals surface area contributed by atoms with Gasteiger partial charge < -0.3 is 5.32 Å². The van der Waals surface area contributed by atoms with E-state index in [1.807, 2.05) is 10.8 Å². The van der Waals surface area contributed by atoms with Crippen LogP contribution in [0.4, 0.5) is 10.5 Å². The van der Waals surface area contributed by atoms with Crippen molar-refractivity contribution in [2.24, 2.45) is 0 Å². The summed E-state index contributed by atoms with van der Waals surface area (Å²) >= 11 is 6.58. The van der Waals surface area contributed by atoms with Gasteiger partial charge in [-0.25, -0.2) is 17.9 Å². The summed E-state index contributed by atoms with van der Waals surface area (Å²) in [6.07, 6.45) is 0.226. The summed E-state index contributed by atoms with van der Waals surface area (Å²) in [6, 6.07) is 17.4. The van der Waals surface area contributed by atoms with Gasteiger partial charge >= 0.3 is 6.03 Å². The molecule has 0 fully saturated rings. The topological polar surface area (TPSA) is 92.3 Å². The highest BCUT2D eigenvalue weighted by Gasteiger charge is 2.19. The first-order chi connectivity index (χ1) is 13.3. The lowest BCUT2D eigenvalue weighted by Crippen LogP contribution is -2.33. The first-order valence-corrected chi connectivity index (χ1v) is 10.8. The highest BCUT2D eigenvalue weighted by atomic mass is 35.5. The maximum Gasteiger partial charge on any atom is 0.333 e. The Balaban J connectivity index is 1.59. The highest BCUT2D eigenvalue weighted by molar-refractivity contribution is 7.92. The van der Waals surface area contributed by atoms with Crippen LogP contribution in [0.1, 0.15) is 15.9 Å². The summed E-state index contributed by atoms with van der Waals surface area (Å²) in [5.74, 6) is -0.0141. The van der Waals surface area contributed by atoms with Crippen molar-refractivity contribution < 1.29 is 18.0 Å². The summed E-state index contributed by atoms with van der Waals surface area (Å²) in [7, 11) is -3.99. The summed E-state index contributed by atoms with van der Waals surface area (Å²) in [4.78, 5) is 24.2. The zero-order chi connectivity index (χ0) is 20.1. The number of sulfonamides is 1. The number of Topliss-reactive ketones (excluding diaryl/α,β-unsaturated/α-hetero) is 1. The summed E-state index contributed by atoms with van der Waals surface area (Å²) in [6.45, 7) is 0. The van der Waals surface area contributed by atoms with E-state index in [0.29, 0.717) is 15.6 Å². The minimum Gasteiger partial charge on any atom is -0.307 e. The zero-order valence-corrected chi connectivity index (χ0v) is 16.8. The van der Waals surface area contributed by atoms with Crippen LogP contribution >= 0.6 is 22.9 Å². The van der Waals surface area contributed by atoms with Crippen LogP contribution in [0.15, 0.2) is 70.9 Å². The van der Waals surface area contributed by atoms with Crippen LogP contribution in [0, 0.1) is 0 Å². The molecule has 0 aliphatic rings. The van der Waals surface area contributed by atoms with Gasteiger partial charge in [0, 0.05) is 17.7 Å². The van der Waals surface area contributed by atoms with E-state index >= 15 is 0 Å². The minimum atomic E-state index is -3.99. The van der Waals surface area contributed by atoms with E-state index in [0.717, 1.165) is 16.9 Å². The van der Waals surface area contributed by atoms with Gasteiger partial charge in [-0.1, -0.05) is 54.1 Å². The van der Waals surface area contributed by atoms with Crippen molar-refractivity contribution in [1.82, 2.24) is 4.72 Å². The maximum absolute atomic E-state index is 12.2. The van der Waals surface area contributed by atoms with Gasteiger partial charge in [0.2, 0.25) is 0 Å². The van der Waals surface area contributed by atoms with Crippen LogP contribution in [0.5, 0.6) is 0 Å². The molecule has 144 valence electrons. The van der Waals surface area contributed by atoms with Crippen molar-refractivity contribution in [2.75, 3.05) is 5.32 Å². The van der Waals surface area contributed by atoms with E-state index in [1.54, 1.807) is 48.5 Å². The van der Waals surface area contributed by atoms with Crippen molar-refractivity contribution in [1.29, 1.82) is 0 Å². The van der Waals surface area contributed by atoms with Gasteiger partial charge in [-0.05, 0) is 29.8 Å². The van der Waals surface area contributed by atoms with E-state index in [-0.39, 0.29) is 16.4 Å². The molecule has 0 saturated heterocycles. The summed E-state index contributed by atoms with van der Waals surface area (Å²) < 4.78 is 26.4. The molecule has 0 aliphatic heterocycles. The standard InChI is InChI=1S/C19H15ClN2O4S2/c20-17-10-11-18(27-17)28(25,26)22-19(24)21-15-8-6-13(7-9-15)12-16(23)14-4-2-1-3-5-14/h1-11H,12H2,(H2,21,22,24). The van der Waals surface area contributed by atoms with Crippen LogP contribution < -0.4 is 10.0 Å². The number of carbonyl (C=O) groups is 2. The molecule has 0 saturated carbocycles. The number of nitrogens with one attached hydrogen (secondary N) is 2. The molecule has 2 amide bonds. The van der Waals surface area contributed by atoms with Crippen LogP contribution in [-0.4, -0.2) is 20.2 Å². The number of rotatable bonds is 6. The smallest absolute Gasteiger partial charge is 0.307 e. The number of ketones is 1. The Kier molecular flexibility index (Phi) is 6.13. The first kappa shape index (κ1) is 20.1. The fourth-order valence-electron chi connectivity index (χ4n) is 2.39. The predicted octanol–water partition coefficient (Wildman–Crippen LogP) is 4.34. The van der Waals surface area contributed by atoms with E-state index < -0.39 is 16.1 Å². The maximum atomic E-state index is 12.2. The summed E-state index contributed by atoms with van der Waals surface area (Å²) in [5.41, 5.74) is 1.80. The van der Waals surface area contributed by atoms with Gasteiger partial charge in [0.15, 0.2) is 5.78 Å². The molecule has 6 nitrogen and oxygen atoms in total. The largest absolute Gasteiger partial charge is 0.333 e. The normalized spacial score (nSPS) is 11.0. The van der Waals surface area contributed by atoms with Crippen molar-refractivity contribution in [3.8, 4) is 0 Å². The predicted molar refractivity (Wildman–Crippen MR) is 110 cm³/mol. The molecule has 0 atom stereocenters. The Morgan fingerprint density at radius 3 is 2.21 bits per heavy atom. The van der Waals surface area contributed by atoms with E-state index in [4.69, 9.17) is 11.6 Å². The number of anilines is 1. The molecule has 9 heteroatoms. The SMILES string of the molecule is O=C(Nc1ccc(CC(=O)c2ccccc2)cc1)NS(=O)(=O)c1ccc(Cl)s1. The molecule has 2 aromatic carbocycles. The quantitative estimate of drug-likeness (QED) is 0.564. The number of hydrogen-bond donors (Lipinski definition) is 2. The van der Waals surface area contributed by atoms with Gasteiger partial charge in [-0.3, -0.25) is 4.79 Å². The number of halogens is 1. The number of urea groups is 1. The molecule has 3 rings (SSSR count). The van der Waals surface area contributed by atoms with Crippen LogP contribution in [-0.2, 0) is 16.4 Å². The monoisotopic (exact) mass is 434 g/mol. The molecule has 0 spiro atoms. The van der Waals surface area contributed by atoms with Gasteiger partial charge in [0.25, 0.3) is 10.0 Å². The third-order valence-corrected chi connectivity index (χ3v) is 6.77. The molecular formula is C19H15ClN2O4S2. The minimum absolute atomic E-state index is 0.0141. The molecular weight excluding hydrogens is 420 g/mol.